The van der Waals surface area contributed by atoms with Crippen LogP contribution in [-0.4, -0.2) is 28.9 Å². The van der Waals surface area contributed by atoms with Gasteiger partial charge in [-0.3, -0.25) is 14.4 Å². The van der Waals surface area contributed by atoms with E-state index in [1.54, 1.807) is 13.8 Å². The Balaban J connectivity index is 2.70. The zero-order chi connectivity index (χ0) is 11.6. The number of aliphatic carboxylic acids is 1. The molecule has 0 saturated heterocycles. The van der Waals surface area contributed by atoms with Gasteiger partial charge in [0.2, 0.25) is 0 Å². The van der Waals surface area contributed by atoms with Gasteiger partial charge in [-0.2, -0.15) is 0 Å². The number of carboxylic acid groups (broad SMARTS) is 1. The van der Waals surface area contributed by atoms with Gasteiger partial charge in [0.15, 0.2) is 0 Å². The van der Waals surface area contributed by atoms with Crippen molar-refractivity contribution in [1.29, 1.82) is 0 Å². The van der Waals surface area contributed by atoms with Crippen molar-refractivity contribution in [3.63, 3.8) is 0 Å². The highest BCUT2D eigenvalue weighted by molar-refractivity contribution is 5.94. The van der Waals surface area contributed by atoms with Crippen LogP contribution >= 0.6 is 0 Å². The molecule has 0 bridgehead atoms. The molecule has 84 valence electrons. The summed E-state index contributed by atoms with van der Waals surface area (Å²) in [7, 11) is 0. The van der Waals surface area contributed by atoms with Crippen molar-refractivity contribution in [2.75, 3.05) is 0 Å². The summed E-state index contributed by atoms with van der Waals surface area (Å²) >= 11 is 0. The minimum Gasteiger partial charge on any atom is -0.481 e. The van der Waals surface area contributed by atoms with Crippen molar-refractivity contribution < 1.29 is 24.2 Å². The van der Waals surface area contributed by atoms with Gasteiger partial charge in [-0.25, -0.2) is 0 Å². The van der Waals surface area contributed by atoms with Crippen molar-refractivity contribution >= 4 is 17.7 Å². The predicted octanol–water partition coefficient (Wildman–Crippen LogP) is 0.618. The number of Topliss-reactive ketones (excluding diaryl/α,β-unsaturated/α-hetero) is 1. The number of carbonyl (C=O) groups is 3. The Kier molecular flexibility index (Phi) is 3.44. The van der Waals surface area contributed by atoms with Crippen molar-refractivity contribution in [2.45, 2.75) is 32.8 Å². The second kappa shape index (κ2) is 4.42. The van der Waals surface area contributed by atoms with E-state index in [0.29, 0.717) is 0 Å². The average molecular weight is 214 g/mol. The van der Waals surface area contributed by atoms with Gasteiger partial charge in [0.05, 0.1) is 17.9 Å². The maximum atomic E-state index is 11.5. The van der Waals surface area contributed by atoms with E-state index >= 15 is 0 Å². The highest BCUT2D eigenvalue weighted by atomic mass is 16.5. The Morgan fingerprint density at radius 2 is 1.87 bits per heavy atom. The molecule has 1 saturated carbocycles. The van der Waals surface area contributed by atoms with Crippen LogP contribution in [0.2, 0.25) is 0 Å². The normalized spacial score (nSPS) is 25.7. The van der Waals surface area contributed by atoms with E-state index in [2.05, 4.69) is 0 Å². The lowest BCUT2D eigenvalue weighted by Gasteiger charge is -2.15. The fourth-order valence-electron chi connectivity index (χ4n) is 1.69. The molecule has 2 unspecified atom stereocenters. The van der Waals surface area contributed by atoms with Crippen LogP contribution in [0, 0.1) is 11.8 Å². The van der Waals surface area contributed by atoms with Gasteiger partial charge in [-0.05, 0) is 13.8 Å². The van der Waals surface area contributed by atoms with Gasteiger partial charge in [0.25, 0.3) is 0 Å². The summed E-state index contributed by atoms with van der Waals surface area (Å²) in [6.07, 6.45) is -0.363. The van der Waals surface area contributed by atoms with Crippen molar-refractivity contribution in [1.82, 2.24) is 0 Å². The molecular formula is C10H14O5. The average Bonchev–Trinajstić information content (AvgIpc) is 2.46. The number of ether oxygens (including phenoxy) is 1. The molecule has 0 aromatic rings. The molecule has 1 N–H and O–H groups in total. The van der Waals surface area contributed by atoms with Crippen molar-refractivity contribution in [2.24, 2.45) is 11.8 Å². The van der Waals surface area contributed by atoms with E-state index in [9.17, 15) is 14.4 Å². The Morgan fingerprint density at radius 3 is 2.33 bits per heavy atom. The molecule has 1 aliphatic rings. The third-order valence-corrected chi connectivity index (χ3v) is 2.35. The molecule has 15 heavy (non-hydrogen) atoms. The third kappa shape index (κ3) is 2.78. The summed E-state index contributed by atoms with van der Waals surface area (Å²) in [5.41, 5.74) is 0. The first-order valence-corrected chi connectivity index (χ1v) is 4.86. The first-order chi connectivity index (χ1) is 6.91. The lowest BCUT2D eigenvalue weighted by Crippen LogP contribution is -2.28. The molecule has 0 aliphatic heterocycles. The SMILES string of the molecule is CC(C)OC(=O)C1CC(=O)CC1C(=O)O. The maximum absolute atomic E-state index is 11.5. The van der Waals surface area contributed by atoms with Crippen molar-refractivity contribution in [3.8, 4) is 0 Å². The lowest BCUT2D eigenvalue weighted by atomic mass is 9.96. The van der Waals surface area contributed by atoms with E-state index in [0.717, 1.165) is 0 Å². The number of hydrogen-bond donors (Lipinski definition) is 1. The molecular weight excluding hydrogens is 200 g/mol. The largest absolute Gasteiger partial charge is 0.481 e. The minimum atomic E-state index is -1.11. The van der Waals surface area contributed by atoms with Gasteiger partial charge in [-0.15, -0.1) is 0 Å². The van der Waals surface area contributed by atoms with Crippen LogP contribution in [0.4, 0.5) is 0 Å². The van der Waals surface area contributed by atoms with E-state index in [1.807, 2.05) is 0 Å². The highest BCUT2D eigenvalue weighted by Crippen LogP contribution is 2.30. The molecule has 0 aromatic heterocycles. The van der Waals surface area contributed by atoms with Gasteiger partial charge in [0.1, 0.15) is 5.78 Å². The Hall–Kier alpha value is -1.39. The van der Waals surface area contributed by atoms with Gasteiger partial charge in [0, 0.05) is 12.8 Å². The number of rotatable bonds is 3. The molecule has 2 atom stereocenters. The van der Waals surface area contributed by atoms with Crippen LogP contribution in [0.25, 0.3) is 0 Å². The minimum absolute atomic E-state index is 0.0114. The fraction of sp³-hybridized carbons (Fsp3) is 0.700. The zero-order valence-electron chi connectivity index (χ0n) is 8.73. The standard InChI is InChI=1S/C10H14O5/c1-5(2)15-10(14)8-4-6(11)3-7(8)9(12)13/h5,7-8H,3-4H2,1-2H3,(H,12,13). The monoisotopic (exact) mass is 214 g/mol. The van der Waals surface area contributed by atoms with Crippen LogP contribution in [-0.2, 0) is 19.1 Å². The predicted molar refractivity (Wildman–Crippen MR) is 50.1 cm³/mol. The Morgan fingerprint density at radius 1 is 1.33 bits per heavy atom. The Labute approximate surface area is 87.4 Å². The van der Waals surface area contributed by atoms with E-state index in [1.165, 1.54) is 0 Å². The van der Waals surface area contributed by atoms with Crippen molar-refractivity contribution in [3.05, 3.63) is 0 Å². The molecule has 0 spiro atoms. The summed E-state index contributed by atoms with van der Waals surface area (Å²) in [5.74, 6) is -3.59. The molecule has 1 aliphatic carbocycles. The van der Waals surface area contributed by atoms with Gasteiger partial charge in [-0.1, -0.05) is 0 Å². The lowest BCUT2D eigenvalue weighted by molar-refractivity contribution is -0.159. The van der Waals surface area contributed by atoms with Crippen LogP contribution in [0.5, 0.6) is 0 Å². The fourth-order valence-corrected chi connectivity index (χ4v) is 1.69. The van der Waals surface area contributed by atoms with Crippen LogP contribution in [0.3, 0.4) is 0 Å². The number of esters is 1. The zero-order valence-corrected chi connectivity index (χ0v) is 8.73. The number of hydrogen-bond acceptors (Lipinski definition) is 4. The number of carbonyl (C=O) groups excluding carboxylic acids is 2. The van der Waals surface area contributed by atoms with E-state index in [-0.39, 0.29) is 24.7 Å². The maximum Gasteiger partial charge on any atom is 0.310 e. The van der Waals surface area contributed by atoms with Crippen LogP contribution in [0.1, 0.15) is 26.7 Å². The summed E-state index contributed by atoms with van der Waals surface area (Å²) < 4.78 is 4.91. The quantitative estimate of drug-likeness (QED) is 0.696. The van der Waals surface area contributed by atoms with Crippen LogP contribution in [0.15, 0.2) is 0 Å². The summed E-state index contributed by atoms with van der Waals surface area (Å²) in [4.78, 5) is 33.4. The molecule has 0 amide bonds. The molecule has 1 fully saturated rings. The topological polar surface area (TPSA) is 80.7 Å². The summed E-state index contributed by atoms with van der Waals surface area (Å²) in [6.45, 7) is 3.37. The first-order valence-electron chi connectivity index (χ1n) is 4.86. The van der Waals surface area contributed by atoms with Gasteiger partial charge < -0.3 is 9.84 Å². The smallest absolute Gasteiger partial charge is 0.310 e. The van der Waals surface area contributed by atoms with Crippen LogP contribution < -0.4 is 0 Å². The molecule has 0 aromatic carbocycles. The first kappa shape index (κ1) is 11.7. The molecule has 0 radical (unpaired) electrons. The van der Waals surface area contributed by atoms with E-state index in [4.69, 9.17) is 9.84 Å². The summed E-state index contributed by atoms with van der Waals surface area (Å²) in [5, 5.41) is 8.82. The number of ketones is 1. The molecule has 5 nitrogen and oxygen atoms in total. The molecule has 0 heterocycles. The second-order valence-electron chi connectivity index (χ2n) is 3.98. The summed E-state index contributed by atoms with van der Waals surface area (Å²) in [6, 6.07) is 0. The van der Waals surface area contributed by atoms with Gasteiger partial charge >= 0.3 is 11.9 Å². The highest BCUT2D eigenvalue weighted by Gasteiger charge is 2.43. The van der Waals surface area contributed by atoms with E-state index < -0.39 is 23.8 Å². The Bertz CT molecular complexity index is 294. The number of carboxylic acids is 1. The third-order valence-electron chi connectivity index (χ3n) is 2.35. The molecule has 1 rings (SSSR count). The second-order valence-corrected chi connectivity index (χ2v) is 3.98. The molecule has 5 heteroatoms.